The third-order valence-electron chi connectivity index (χ3n) is 5.12. The van der Waals surface area contributed by atoms with Crippen molar-refractivity contribution >= 4 is 16.7 Å². The molecule has 2 rings (SSSR count). The minimum absolute atomic E-state index is 0.186. The molecule has 0 spiro atoms. The molecule has 0 aliphatic carbocycles. The fraction of sp³-hybridized carbons (Fsp3) is 0.450. The number of nitrogens with zero attached hydrogens (tertiary/aromatic N) is 1. The van der Waals surface area contributed by atoms with E-state index in [1.807, 2.05) is 32.3 Å². The van der Waals surface area contributed by atoms with Crippen LogP contribution < -0.4 is 5.73 Å². The number of fused-ring (bicyclic) bond motifs is 1. The standard InChI is InChI=1S/C20H28N2O/c1-5-15(2)20(19(21)23,13-14-22(3)4)18-12-8-10-16-9-6-7-11-17(16)18/h6-12,15H,5,13-14H2,1-4H3,(H2,21,23). The lowest BCUT2D eigenvalue weighted by Crippen LogP contribution is -2.48. The van der Waals surface area contributed by atoms with E-state index in [4.69, 9.17) is 5.73 Å². The highest BCUT2D eigenvalue weighted by atomic mass is 16.1. The van der Waals surface area contributed by atoms with Gasteiger partial charge in [0, 0.05) is 0 Å². The number of primary amides is 1. The Kier molecular flexibility index (Phi) is 5.42. The summed E-state index contributed by atoms with van der Waals surface area (Å²) >= 11 is 0. The zero-order valence-corrected chi connectivity index (χ0v) is 14.7. The van der Waals surface area contributed by atoms with E-state index in [1.54, 1.807) is 0 Å². The Labute approximate surface area is 139 Å². The Morgan fingerprint density at radius 3 is 2.43 bits per heavy atom. The lowest BCUT2D eigenvalue weighted by molar-refractivity contribution is -0.125. The van der Waals surface area contributed by atoms with Gasteiger partial charge in [0.2, 0.25) is 5.91 Å². The molecule has 0 fully saturated rings. The highest BCUT2D eigenvalue weighted by molar-refractivity contribution is 5.95. The third-order valence-corrected chi connectivity index (χ3v) is 5.12. The minimum atomic E-state index is -0.639. The number of hydrogen-bond donors (Lipinski definition) is 1. The van der Waals surface area contributed by atoms with E-state index in [9.17, 15) is 4.79 Å². The SMILES string of the molecule is CCC(C)C(CCN(C)C)(C(N)=O)c1cccc2ccccc12. The van der Waals surface area contributed by atoms with Gasteiger partial charge < -0.3 is 10.6 Å². The summed E-state index contributed by atoms with van der Waals surface area (Å²) in [6.07, 6.45) is 1.65. The Morgan fingerprint density at radius 1 is 1.17 bits per heavy atom. The number of hydrogen-bond acceptors (Lipinski definition) is 2. The molecule has 1 amide bonds. The van der Waals surface area contributed by atoms with Crippen LogP contribution in [0.3, 0.4) is 0 Å². The first kappa shape index (κ1) is 17.5. The molecule has 0 saturated heterocycles. The van der Waals surface area contributed by atoms with Crippen molar-refractivity contribution in [2.24, 2.45) is 11.7 Å². The smallest absolute Gasteiger partial charge is 0.228 e. The molecular formula is C20H28N2O. The summed E-state index contributed by atoms with van der Waals surface area (Å²) in [6, 6.07) is 14.4. The van der Waals surface area contributed by atoms with Gasteiger partial charge in [0.05, 0.1) is 5.41 Å². The van der Waals surface area contributed by atoms with E-state index in [1.165, 1.54) is 0 Å². The van der Waals surface area contributed by atoms with Crippen molar-refractivity contribution in [2.75, 3.05) is 20.6 Å². The molecule has 0 heterocycles. The van der Waals surface area contributed by atoms with Crippen molar-refractivity contribution in [3.63, 3.8) is 0 Å². The van der Waals surface area contributed by atoms with Crippen LogP contribution in [0.25, 0.3) is 10.8 Å². The number of carbonyl (C=O) groups is 1. The molecule has 124 valence electrons. The van der Waals surface area contributed by atoms with Crippen molar-refractivity contribution in [2.45, 2.75) is 32.1 Å². The average molecular weight is 312 g/mol. The summed E-state index contributed by atoms with van der Waals surface area (Å²) < 4.78 is 0. The van der Waals surface area contributed by atoms with Crippen molar-refractivity contribution in [3.05, 3.63) is 48.0 Å². The van der Waals surface area contributed by atoms with Crippen LogP contribution in [-0.2, 0) is 10.2 Å². The van der Waals surface area contributed by atoms with Crippen LogP contribution in [0.4, 0.5) is 0 Å². The predicted molar refractivity (Wildman–Crippen MR) is 97.4 cm³/mol. The van der Waals surface area contributed by atoms with Crippen LogP contribution in [0.1, 0.15) is 32.3 Å². The van der Waals surface area contributed by atoms with Gasteiger partial charge in [-0.3, -0.25) is 4.79 Å². The molecule has 3 nitrogen and oxygen atoms in total. The van der Waals surface area contributed by atoms with Gasteiger partial charge in [-0.25, -0.2) is 0 Å². The van der Waals surface area contributed by atoms with Gasteiger partial charge in [0.25, 0.3) is 0 Å². The lowest BCUT2D eigenvalue weighted by atomic mass is 9.66. The van der Waals surface area contributed by atoms with E-state index < -0.39 is 5.41 Å². The van der Waals surface area contributed by atoms with Crippen LogP contribution in [0.15, 0.2) is 42.5 Å². The maximum Gasteiger partial charge on any atom is 0.228 e. The second-order valence-corrected chi connectivity index (χ2v) is 6.72. The van der Waals surface area contributed by atoms with Crippen LogP contribution in [-0.4, -0.2) is 31.4 Å². The van der Waals surface area contributed by atoms with E-state index in [0.717, 1.165) is 35.7 Å². The summed E-state index contributed by atoms with van der Waals surface area (Å²) in [5.74, 6) is -0.0317. The molecule has 2 atom stereocenters. The van der Waals surface area contributed by atoms with Crippen molar-refractivity contribution < 1.29 is 4.79 Å². The fourth-order valence-corrected chi connectivity index (χ4v) is 3.51. The summed E-state index contributed by atoms with van der Waals surface area (Å²) in [7, 11) is 4.07. The topological polar surface area (TPSA) is 46.3 Å². The molecule has 0 aromatic heterocycles. The van der Waals surface area contributed by atoms with Gasteiger partial charge >= 0.3 is 0 Å². The second-order valence-electron chi connectivity index (χ2n) is 6.72. The Balaban J connectivity index is 2.70. The van der Waals surface area contributed by atoms with Gasteiger partial charge in [-0.1, -0.05) is 62.7 Å². The molecule has 0 aliphatic rings. The summed E-state index contributed by atoms with van der Waals surface area (Å²) in [5, 5.41) is 2.29. The van der Waals surface area contributed by atoms with Crippen molar-refractivity contribution in [1.82, 2.24) is 4.90 Å². The van der Waals surface area contributed by atoms with Crippen molar-refractivity contribution in [3.8, 4) is 0 Å². The van der Waals surface area contributed by atoms with E-state index >= 15 is 0 Å². The van der Waals surface area contributed by atoms with Crippen LogP contribution in [0.2, 0.25) is 0 Å². The summed E-state index contributed by atoms with van der Waals surface area (Å²) in [6.45, 7) is 5.10. The summed E-state index contributed by atoms with van der Waals surface area (Å²) in [4.78, 5) is 14.8. The molecule has 3 heteroatoms. The van der Waals surface area contributed by atoms with E-state index in [2.05, 4.69) is 43.0 Å². The number of rotatable bonds is 7. The number of carbonyl (C=O) groups excluding carboxylic acids is 1. The first-order valence-corrected chi connectivity index (χ1v) is 8.36. The molecule has 0 aliphatic heterocycles. The molecule has 0 saturated carbocycles. The average Bonchev–Trinajstić information content (AvgIpc) is 2.54. The first-order valence-electron chi connectivity index (χ1n) is 8.36. The van der Waals surface area contributed by atoms with Crippen LogP contribution in [0, 0.1) is 5.92 Å². The second kappa shape index (κ2) is 7.14. The Bertz CT molecular complexity index is 675. The first-order chi connectivity index (χ1) is 10.9. The zero-order valence-electron chi connectivity index (χ0n) is 14.7. The van der Waals surface area contributed by atoms with Crippen LogP contribution >= 0.6 is 0 Å². The van der Waals surface area contributed by atoms with Gasteiger partial charge in [-0.2, -0.15) is 0 Å². The minimum Gasteiger partial charge on any atom is -0.369 e. The molecule has 2 aromatic rings. The molecule has 0 bridgehead atoms. The quantitative estimate of drug-likeness (QED) is 0.849. The fourth-order valence-electron chi connectivity index (χ4n) is 3.51. The van der Waals surface area contributed by atoms with Gasteiger partial charge in [-0.05, 0) is 49.3 Å². The maximum atomic E-state index is 12.7. The molecule has 0 radical (unpaired) electrons. The number of benzene rings is 2. The maximum absolute atomic E-state index is 12.7. The molecule has 23 heavy (non-hydrogen) atoms. The van der Waals surface area contributed by atoms with Gasteiger partial charge in [0.15, 0.2) is 0 Å². The van der Waals surface area contributed by atoms with E-state index in [0.29, 0.717) is 0 Å². The number of nitrogens with two attached hydrogens (primary N) is 1. The summed E-state index contributed by atoms with van der Waals surface area (Å²) in [5.41, 5.74) is 6.43. The lowest BCUT2D eigenvalue weighted by Gasteiger charge is -2.38. The largest absolute Gasteiger partial charge is 0.369 e. The Hall–Kier alpha value is -1.87. The molecule has 2 unspecified atom stereocenters. The molecule has 2 aromatic carbocycles. The van der Waals surface area contributed by atoms with E-state index in [-0.39, 0.29) is 11.8 Å². The van der Waals surface area contributed by atoms with Crippen LogP contribution in [0.5, 0.6) is 0 Å². The Morgan fingerprint density at radius 2 is 1.83 bits per heavy atom. The molecular weight excluding hydrogens is 284 g/mol. The third kappa shape index (κ3) is 3.25. The monoisotopic (exact) mass is 312 g/mol. The number of amides is 1. The zero-order chi connectivity index (χ0) is 17.0. The van der Waals surface area contributed by atoms with Gasteiger partial charge in [0.1, 0.15) is 0 Å². The van der Waals surface area contributed by atoms with Gasteiger partial charge in [-0.15, -0.1) is 0 Å². The normalized spacial score (nSPS) is 15.5. The highest BCUT2D eigenvalue weighted by Crippen LogP contribution is 2.41. The predicted octanol–water partition coefficient (Wildman–Crippen LogP) is 3.56. The highest BCUT2D eigenvalue weighted by Gasteiger charge is 2.43. The van der Waals surface area contributed by atoms with Crippen molar-refractivity contribution in [1.29, 1.82) is 0 Å². The molecule has 2 N–H and O–H groups in total.